The average Bonchev–Trinajstić information content (AvgIpc) is 3.20. The lowest BCUT2D eigenvalue weighted by molar-refractivity contribution is -0.173. The lowest BCUT2D eigenvalue weighted by Crippen LogP contribution is -2.36. The van der Waals surface area contributed by atoms with Crippen LogP contribution in [0.4, 0.5) is 19.0 Å². The summed E-state index contributed by atoms with van der Waals surface area (Å²) in [5.74, 6) is -0.337. The predicted molar refractivity (Wildman–Crippen MR) is 102 cm³/mol. The van der Waals surface area contributed by atoms with Crippen LogP contribution >= 0.6 is 22.9 Å². The van der Waals surface area contributed by atoms with E-state index < -0.39 is 24.2 Å². The van der Waals surface area contributed by atoms with Gasteiger partial charge >= 0.3 is 6.18 Å². The molecule has 1 fully saturated rings. The number of likely N-dealkylation sites (tertiary alicyclic amines) is 1. The number of hydrogen-bond donors (Lipinski definition) is 1. The molecule has 1 saturated heterocycles. The third-order valence-electron chi connectivity index (χ3n) is 5.28. The molecule has 1 N–H and O–H groups in total. The van der Waals surface area contributed by atoms with Gasteiger partial charge in [-0.2, -0.15) is 18.3 Å². The Kier molecular flexibility index (Phi) is 5.30. The van der Waals surface area contributed by atoms with Gasteiger partial charge < -0.3 is 10.2 Å². The van der Waals surface area contributed by atoms with Crippen molar-refractivity contribution in [3.8, 4) is 0 Å². The topological polar surface area (TPSA) is 50.2 Å². The van der Waals surface area contributed by atoms with Gasteiger partial charge in [-0.3, -0.25) is 4.79 Å². The maximum Gasteiger partial charge on any atom is 0.410 e. The Morgan fingerprint density at radius 3 is 2.57 bits per heavy atom. The van der Waals surface area contributed by atoms with Gasteiger partial charge in [-0.25, -0.2) is 4.68 Å². The van der Waals surface area contributed by atoms with E-state index in [2.05, 4.69) is 10.4 Å². The molecule has 0 unspecified atom stereocenters. The van der Waals surface area contributed by atoms with E-state index in [0.717, 1.165) is 35.2 Å². The van der Waals surface area contributed by atoms with Gasteiger partial charge in [0, 0.05) is 24.4 Å². The summed E-state index contributed by atoms with van der Waals surface area (Å²) in [5.41, 5.74) is -0.104. The Balaban J connectivity index is 1.70. The largest absolute Gasteiger partial charge is 0.410 e. The average molecular weight is 433 g/mol. The fraction of sp³-hybridized carbons (Fsp3) is 0.556. The molecule has 2 aliphatic heterocycles. The van der Waals surface area contributed by atoms with Crippen LogP contribution in [0.15, 0.2) is 17.5 Å². The second kappa shape index (κ2) is 7.59. The number of alkyl halides is 3. The molecule has 4 rings (SSSR count). The Labute approximate surface area is 169 Å². The number of halogens is 4. The molecule has 0 bridgehead atoms. The number of amides is 1. The molecule has 0 aromatic carbocycles. The summed E-state index contributed by atoms with van der Waals surface area (Å²) in [6, 6.07) is 1.22. The molecular weight excluding hydrogens is 413 g/mol. The van der Waals surface area contributed by atoms with E-state index in [-0.39, 0.29) is 23.0 Å². The zero-order valence-electron chi connectivity index (χ0n) is 15.0. The second-order valence-corrected chi connectivity index (χ2v) is 8.52. The van der Waals surface area contributed by atoms with Gasteiger partial charge in [0.2, 0.25) is 0 Å². The van der Waals surface area contributed by atoms with E-state index in [4.69, 9.17) is 11.6 Å². The molecule has 2 aromatic heterocycles. The van der Waals surface area contributed by atoms with Crippen molar-refractivity contribution in [1.29, 1.82) is 0 Å². The summed E-state index contributed by atoms with van der Waals surface area (Å²) in [6.07, 6.45) is -0.868. The lowest BCUT2D eigenvalue weighted by atomic mass is 10.0. The third-order valence-corrected chi connectivity index (χ3v) is 6.62. The number of nitrogens with one attached hydrogen (secondary N) is 1. The van der Waals surface area contributed by atoms with Crippen molar-refractivity contribution in [2.75, 3.05) is 18.4 Å². The number of aromatic nitrogens is 2. The number of carbonyl (C=O) groups is 1. The minimum atomic E-state index is -4.50. The Morgan fingerprint density at radius 1 is 1.25 bits per heavy atom. The third kappa shape index (κ3) is 3.61. The van der Waals surface area contributed by atoms with E-state index >= 15 is 0 Å². The maximum atomic E-state index is 13.8. The normalized spacial score (nSPS) is 23.1. The van der Waals surface area contributed by atoms with Crippen molar-refractivity contribution in [3.63, 3.8) is 0 Å². The van der Waals surface area contributed by atoms with Crippen molar-refractivity contribution in [3.05, 3.63) is 33.1 Å². The second-order valence-electron chi connectivity index (χ2n) is 7.17. The molecule has 2 aromatic rings. The quantitative estimate of drug-likeness (QED) is 0.702. The van der Waals surface area contributed by atoms with Crippen LogP contribution in [-0.4, -0.2) is 39.9 Å². The monoisotopic (exact) mass is 432 g/mol. The van der Waals surface area contributed by atoms with Crippen molar-refractivity contribution < 1.29 is 18.0 Å². The van der Waals surface area contributed by atoms with Gasteiger partial charge in [0.15, 0.2) is 11.7 Å². The minimum absolute atomic E-state index is 0.0373. The van der Waals surface area contributed by atoms with E-state index in [1.807, 2.05) is 5.38 Å². The van der Waals surface area contributed by atoms with Gasteiger partial charge in [-0.1, -0.05) is 30.5 Å². The molecule has 152 valence electrons. The van der Waals surface area contributed by atoms with Crippen molar-refractivity contribution in [2.45, 2.75) is 50.4 Å². The summed E-state index contributed by atoms with van der Waals surface area (Å²) >= 11 is 7.77. The Morgan fingerprint density at radius 2 is 1.96 bits per heavy atom. The summed E-state index contributed by atoms with van der Waals surface area (Å²) < 4.78 is 42.1. The smallest absolute Gasteiger partial charge is 0.361 e. The van der Waals surface area contributed by atoms with E-state index in [1.165, 1.54) is 11.3 Å². The first-order valence-corrected chi connectivity index (χ1v) is 10.6. The lowest BCUT2D eigenvalue weighted by Gasteiger charge is -2.32. The number of thiophene rings is 1. The van der Waals surface area contributed by atoms with Crippen LogP contribution in [0.1, 0.15) is 59.6 Å². The first-order chi connectivity index (χ1) is 13.4. The molecule has 2 atom stereocenters. The van der Waals surface area contributed by atoms with Crippen LogP contribution in [0.25, 0.3) is 0 Å². The molecule has 0 saturated carbocycles. The SMILES string of the molecule is O=C(c1nn2c(c1Cl)N[C@H](c1cccs1)C[C@@H]2C(F)(F)F)N1CCCCCC1. The molecule has 28 heavy (non-hydrogen) atoms. The Bertz CT molecular complexity index is 844. The van der Waals surface area contributed by atoms with Crippen LogP contribution in [0.3, 0.4) is 0 Å². The van der Waals surface area contributed by atoms with Crippen LogP contribution in [0.2, 0.25) is 5.02 Å². The molecule has 0 spiro atoms. The summed E-state index contributed by atoms with van der Waals surface area (Å²) in [7, 11) is 0. The van der Waals surface area contributed by atoms with Crippen molar-refractivity contribution >= 4 is 34.7 Å². The number of hydrogen-bond acceptors (Lipinski definition) is 4. The highest BCUT2D eigenvalue weighted by Gasteiger charge is 2.48. The zero-order chi connectivity index (χ0) is 19.9. The van der Waals surface area contributed by atoms with Gasteiger partial charge in [0.1, 0.15) is 10.8 Å². The van der Waals surface area contributed by atoms with Crippen molar-refractivity contribution in [2.24, 2.45) is 0 Å². The van der Waals surface area contributed by atoms with E-state index in [1.54, 1.807) is 17.0 Å². The number of fused-ring (bicyclic) bond motifs is 1. The van der Waals surface area contributed by atoms with E-state index in [9.17, 15) is 18.0 Å². The fourth-order valence-electron chi connectivity index (χ4n) is 3.83. The van der Waals surface area contributed by atoms with Gasteiger partial charge in [-0.15, -0.1) is 11.3 Å². The van der Waals surface area contributed by atoms with E-state index in [0.29, 0.717) is 13.1 Å². The summed E-state index contributed by atoms with van der Waals surface area (Å²) in [5, 5.41) is 8.89. The zero-order valence-corrected chi connectivity index (χ0v) is 16.6. The standard InChI is InChI=1S/C18H20ClF3N4OS/c19-14-15(17(27)25-7-3-1-2-4-8-25)24-26-13(18(20,21)22)10-11(23-16(14)26)12-6-5-9-28-12/h5-6,9,11,13,23H,1-4,7-8,10H2/t11-,13+/m0/s1. The summed E-state index contributed by atoms with van der Waals surface area (Å²) in [4.78, 5) is 15.4. The van der Waals surface area contributed by atoms with Gasteiger partial charge in [-0.05, 0) is 24.3 Å². The molecule has 10 heteroatoms. The van der Waals surface area contributed by atoms with Gasteiger partial charge in [0.25, 0.3) is 5.91 Å². The van der Waals surface area contributed by atoms with Crippen LogP contribution in [0.5, 0.6) is 0 Å². The number of nitrogens with zero attached hydrogens (tertiary/aromatic N) is 3. The predicted octanol–water partition coefficient (Wildman–Crippen LogP) is 5.27. The highest BCUT2D eigenvalue weighted by Crippen LogP contribution is 2.47. The molecule has 0 radical (unpaired) electrons. The first-order valence-electron chi connectivity index (χ1n) is 9.30. The van der Waals surface area contributed by atoms with Crippen molar-refractivity contribution in [1.82, 2.24) is 14.7 Å². The molecule has 1 amide bonds. The molecule has 0 aliphatic carbocycles. The van der Waals surface area contributed by atoms with Crippen LogP contribution < -0.4 is 5.32 Å². The maximum absolute atomic E-state index is 13.8. The molecule has 5 nitrogen and oxygen atoms in total. The minimum Gasteiger partial charge on any atom is -0.361 e. The molecular formula is C18H20ClF3N4OS. The highest BCUT2D eigenvalue weighted by atomic mass is 35.5. The first kappa shape index (κ1) is 19.6. The Hall–Kier alpha value is -1.74. The number of rotatable bonds is 2. The van der Waals surface area contributed by atoms with Gasteiger partial charge in [0.05, 0.1) is 6.04 Å². The summed E-state index contributed by atoms with van der Waals surface area (Å²) in [6.45, 7) is 1.15. The number of carbonyl (C=O) groups excluding carboxylic acids is 1. The van der Waals surface area contributed by atoms with Crippen LogP contribution in [0, 0.1) is 0 Å². The molecule has 4 heterocycles. The highest BCUT2D eigenvalue weighted by molar-refractivity contribution is 7.10. The van der Waals surface area contributed by atoms with Crippen LogP contribution in [-0.2, 0) is 0 Å². The number of anilines is 1. The fourth-order valence-corrected chi connectivity index (χ4v) is 4.88. The molecule has 2 aliphatic rings.